The summed E-state index contributed by atoms with van der Waals surface area (Å²) >= 11 is 0. The molecule has 4 N–H and O–H groups in total. The zero-order valence-electron chi connectivity index (χ0n) is 33.1. The maximum absolute atomic E-state index is 12.7. The Labute approximate surface area is 318 Å². The summed E-state index contributed by atoms with van der Waals surface area (Å²) in [5.74, 6) is -1.32. The van der Waals surface area contributed by atoms with Crippen LogP contribution in [0.2, 0.25) is 0 Å². The summed E-state index contributed by atoms with van der Waals surface area (Å²) in [7, 11) is 0. The molecule has 0 bridgehead atoms. The number of carbonyl (C=O) groups excluding carboxylic acids is 2. The third-order valence-electron chi connectivity index (χ3n) is 8.74. The van der Waals surface area contributed by atoms with Crippen LogP contribution in [-0.4, -0.2) is 41.6 Å². The van der Waals surface area contributed by atoms with E-state index in [9.17, 15) is 19.5 Å². The molecule has 0 heterocycles. The van der Waals surface area contributed by atoms with E-state index in [-0.39, 0.29) is 18.0 Å². The molecule has 7 nitrogen and oxygen atoms in total. The first kappa shape index (κ1) is 48.8. The van der Waals surface area contributed by atoms with Gasteiger partial charge in [-0.05, 0) is 109 Å². The molecule has 2 unspecified atom stereocenters. The van der Waals surface area contributed by atoms with Gasteiger partial charge in [0, 0.05) is 12.8 Å². The summed E-state index contributed by atoms with van der Waals surface area (Å²) in [6, 6.07) is -0.860. The molecule has 0 saturated heterocycles. The molecule has 0 aliphatic rings. The predicted octanol–water partition coefficient (Wildman–Crippen LogP) is 11.6. The van der Waals surface area contributed by atoms with Gasteiger partial charge in [0.2, 0.25) is 5.91 Å². The highest BCUT2D eigenvalue weighted by molar-refractivity contribution is 5.83. The maximum Gasteiger partial charge on any atom is 0.326 e. The lowest BCUT2D eigenvalue weighted by molar-refractivity contribution is -0.147. The summed E-state index contributed by atoms with van der Waals surface area (Å²) < 4.78 is 5.92. The summed E-state index contributed by atoms with van der Waals surface area (Å²) in [6.07, 6.45) is 49.6. The first-order chi connectivity index (χ1) is 25.4. The minimum absolute atomic E-state index is 0.102. The van der Waals surface area contributed by atoms with Gasteiger partial charge in [-0.15, -0.1) is 0 Å². The van der Waals surface area contributed by atoms with E-state index in [1.165, 1.54) is 19.3 Å². The van der Waals surface area contributed by atoms with Crippen LogP contribution < -0.4 is 11.1 Å². The number of amides is 1. The van der Waals surface area contributed by atoms with E-state index in [2.05, 4.69) is 92.1 Å². The monoisotopic (exact) mass is 725 g/mol. The molecule has 0 aromatic heterocycles. The zero-order valence-corrected chi connectivity index (χ0v) is 33.1. The second-order valence-electron chi connectivity index (χ2n) is 13.7. The molecule has 7 heteroatoms. The number of hydrogen-bond donors (Lipinski definition) is 3. The Bertz CT molecular complexity index is 1040. The van der Waals surface area contributed by atoms with Crippen LogP contribution in [0.15, 0.2) is 72.9 Å². The highest BCUT2D eigenvalue weighted by Crippen LogP contribution is 2.15. The van der Waals surface area contributed by atoms with Crippen molar-refractivity contribution in [1.29, 1.82) is 0 Å². The molecule has 1 amide bonds. The van der Waals surface area contributed by atoms with Gasteiger partial charge in [0.05, 0.1) is 0 Å². The van der Waals surface area contributed by atoms with E-state index in [0.29, 0.717) is 32.2 Å². The number of carboxylic acid groups (broad SMARTS) is 1. The third kappa shape index (κ3) is 35.2. The molecule has 0 aromatic rings. The van der Waals surface area contributed by atoms with Crippen molar-refractivity contribution in [3.05, 3.63) is 72.9 Å². The lowest BCUT2D eigenvalue weighted by Crippen LogP contribution is -2.40. The van der Waals surface area contributed by atoms with Crippen LogP contribution >= 0.6 is 0 Å². The molecule has 52 heavy (non-hydrogen) atoms. The number of carboxylic acids is 1. The van der Waals surface area contributed by atoms with E-state index in [1.54, 1.807) is 0 Å². The van der Waals surface area contributed by atoms with Crippen LogP contribution in [0.25, 0.3) is 0 Å². The van der Waals surface area contributed by atoms with Crippen LogP contribution in [-0.2, 0) is 19.1 Å². The van der Waals surface area contributed by atoms with Gasteiger partial charge in [-0.2, -0.15) is 0 Å². The number of hydrogen-bond acceptors (Lipinski definition) is 5. The van der Waals surface area contributed by atoms with Crippen molar-refractivity contribution in [1.82, 2.24) is 5.32 Å². The van der Waals surface area contributed by atoms with Crippen LogP contribution in [0.1, 0.15) is 174 Å². The number of unbranched alkanes of at least 4 members (excludes halogenated alkanes) is 12. The normalized spacial score (nSPS) is 13.4. The molecular weight excluding hydrogens is 649 g/mol. The average Bonchev–Trinajstić information content (AvgIpc) is 3.13. The predicted molar refractivity (Wildman–Crippen MR) is 220 cm³/mol. The van der Waals surface area contributed by atoms with E-state index in [0.717, 1.165) is 116 Å². The lowest BCUT2D eigenvalue weighted by Gasteiger charge is -2.15. The molecular formula is C45H76N2O5. The van der Waals surface area contributed by atoms with Crippen LogP contribution in [0.4, 0.5) is 0 Å². The van der Waals surface area contributed by atoms with E-state index in [1.807, 2.05) is 0 Å². The first-order valence-corrected chi connectivity index (χ1v) is 20.8. The van der Waals surface area contributed by atoms with Gasteiger partial charge >= 0.3 is 11.9 Å². The fourth-order valence-electron chi connectivity index (χ4n) is 5.62. The Balaban J connectivity index is 4.34. The molecule has 0 aromatic carbocycles. The number of aliphatic carboxylic acids is 1. The summed E-state index contributed by atoms with van der Waals surface area (Å²) in [5.41, 5.74) is 5.47. The molecule has 0 radical (unpaired) electrons. The van der Waals surface area contributed by atoms with Gasteiger partial charge in [-0.1, -0.05) is 132 Å². The Morgan fingerprint density at radius 2 is 1.12 bits per heavy atom. The van der Waals surface area contributed by atoms with Crippen LogP contribution in [0, 0.1) is 0 Å². The van der Waals surface area contributed by atoms with E-state index < -0.39 is 12.0 Å². The summed E-state index contributed by atoms with van der Waals surface area (Å²) in [4.78, 5) is 36.2. The second kappa shape index (κ2) is 39.0. The Morgan fingerprint density at radius 3 is 1.71 bits per heavy atom. The van der Waals surface area contributed by atoms with Crippen molar-refractivity contribution in [2.24, 2.45) is 5.73 Å². The topological polar surface area (TPSA) is 119 Å². The largest absolute Gasteiger partial charge is 0.480 e. The fraction of sp³-hybridized carbons (Fsp3) is 0.667. The number of rotatable bonds is 36. The van der Waals surface area contributed by atoms with Crippen LogP contribution in [0.3, 0.4) is 0 Å². The standard InChI is InChI=1S/C45H76N2O5/c1-3-5-7-9-11-13-14-15-16-17-18-19-20-21-23-29-33-39-44(49)52-41(35-30-26-22-12-10-8-6-4-2)36-31-27-24-25-28-32-38-43(48)47-42(45(50)51)37-34-40-46/h5,7,11-13,15-16,18-19,22,30,35,41-42H,3-4,6,8-10,14,17,20-21,23-29,31-34,36-40,46H2,1-2H3,(H,47,48)(H,50,51)/b7-5-,13-11-,16-15-,19-18-,22-12-,35-30-. The number of ether oxygens (including phenoxy) is 1. The third-order valence-corrected chi connectivity index (χ3v) is 8.74. The van der Waals surface area contributed by atoms with Gasteiger partial charge in [-0.3, -0.25) is 9.59 Å². The van der Waals surface area contributed by atoms with Crippen molar-refractivity contribution >= 4 is 17.8 Å². The Kier molecular flexibility index (Phi) is 36.6. The van der Waals surface area contributed by atoms with Crippen molar-refractivity contribution in [2.45, 2.75) is 187 Å². The minimum atomic E-state index is -1.01. The highest BCUT2D eigenvalue weighted by atomic mass is 16.5. The van der Waals surface area contributed by atoms with Gasteiger partial charge in [-0.25, -0.2) is 4.79 Å². The number of allylic oxidation sites excluding steroid dienone is 11. The van der Waals surface area contributed by atoms with Gasteiger partial charge < -0.3 is 20.9 Å². The quantitative estimate of drug-likeness (QED) is 0.0336. The fourth-order valence-corrected chi connectivity index (χ4v) is 5.62. The SMILES string of the molecule is CC/C=C\C/C=C\C/C=C\C/C=C\CCCCCCC(=O)OC(/C=C\C/C=C\CCCCC)CCCCCCCCC(=O)NC(CCCN)C(=O)O. The first-order valence-electron chi connectivity index (χ1n) is 20.8. The summed E-state index contributed by atoms with van der Waals surface area (Å²) in [5, 5.41) is 11.9. The number of nitrogens with one attached hydrogen (secondary N) is 1. The molecule has 0 saturated carbocycles. The molecule has 2 atom stereocenters. The van der Waals surface area contributed by atoms with Crippen LogP contribution in [0.5, 0.6) is 0 Å². The second-order valence-corrected chi connectivity index (χ2v) is 13.7. The minimum Gasteiger partial charge on any atom is -0.480 e. The Hall–Kier alpha value is -3.19. The number of esters is 1. The van der Waals surface area contributed by atoms with Gasteiger partial charge in [0.1, 0.15) is 12.1 Å². The van der Waals surface area contributed by atoms with Crippen molar-refractivity contribution in [3.8, 4) is 0 Å². The molecule has 296 valence electrons. The van der Waals surface area contributed by atoms with Gasteiger partial charge in [0.25, 0.3) is 0 Å². The average molecular weight is 725 g/mol. The Morgan fingerprint density at radius 1 is 0.596 bits per heavy atom. The smallest absolute Gasteiger partial charge is 0.326 e. The lowest BCUT2D eigenvalue weighted by atomic mass is 10.0. The van der Waals surface area contributed by atoms with Crippen molar-refractivity contribution in [3.63, 3.8) is 0 Å². The van der Waals surface area contributed by atoms with Crippen molar-refractivity contribution < 1.29 is 24.2 Å². The van der Waals surface area contributed by atoms with Crippen molar-refractivity contribution in [2.75, 3.05) is 6.54 Å². The molecule has 0 aliphatic heterocycles. The maximum atomic E-state index is 12.7. The van der Waals surface area contributed by atoms with E-state index >= 15 is 0 Å². The molecule has 0 rings (SSSR count). The number of nitrogens with two attached hydrogens (primary N) is 1. The summed E-state index contributed by atoms with van der Waals surface area (Å²) in [6.45, 7) is 4.78. The van der Waals surface area contributed by atoms with Gasteiger partial charge in [0.15, 0.2) is 0 Å². The number of carbonyl (C=O) groups is 3. The zero-order chi connectivity index (χ0) is 38.2. The van der Waals surface area contributed by atoms with E-state index in [4.69, 9.17) is 10.5 Å². The molecule has 0 fully saturated rings. The highest BCUT2D eigenvalue weighted by Gasteiger charge is 2.18. The molecule has 0 aliphatic carbocycles. The molecule has 0 spiro atoms.